The van der Waals surface area contributed by atoms with Gasteiger partial charge in [0.15, 0.2) is 0 Å². The summed E-state index contributed by atoms with van der Waals surface area (Å²) in [7, 11) is 0. The molecule has 6 nitrogen and oxygen atoms in total. The number of carboxylic acid groups (broad SMARTS) is 1. The van der Waals surface area contributed by atoms with E-state index in [4.69, 9.17) is 5.11 Å². The van der Waals surface area contributed by atoms with Gasteiger partial charge in [0.1, 0.15) is 0 Å². The molecule has 7 heteroatoms. The highest BCUT2D eigenvalue weighted by atomic mass is 32.2. The standard InChI is InChI=1S/C11H18N4O2S/c1-3-8-4-5-9(7(8)2)15-11(12-13-14-15)18-6-10(16)17/h7-9H,3-6H2,1-2H3,(H,16,17). The molecule has 100 valence electrons. The molecule has 1 saturated carbocycles. The molecule has 1 aliphatic rings. The Morgan fingerprint density at radius 3 is 2.94 bits per heavy atom. The van der Waals surface area contributed by atoms with E-state index in [-0.39, 0.29) is 5.75 Å². The van der Waals surface area contributed by atoms with E-state index < -0.39 is 5.97 Å². The average molecular weight is 270 g/mol. The van der Waals surface area contributed by atoms with E-state index in [1.807, 2.05) is 4.68 Å². The maximum absolute atomic E-state index is 10.6. The molecule has 0 aromatic carbocycles. The zero-order chi connectivity index (χ0) is 13.1. The van der Waals surface area contributed by atoms with Gasteiger partial charge in [0.25, 0.3) is 0 Å². The fourth-order valence-corrected chi connectivity index (χ4v) is 3.41. The summed E-state index contributed by atoms with van der Waals surface area (Å²) in [5, 5.41) is 21.0. The highest BCUT2D eigenvalue weighted by Gasteiger charge is 2.34. The second-order valence-electron chi connectivity index (χ2n) is 4.76. The van der Waals surface area contributed by atoms with Crippen molar-refractivity contribution in [3.05, 3.63) is 0 Å². The molecule has 1 aromatic rings. The third kappa shape index (κ3) is 2.66. The van der Waals surface area contributed by atoms with Crippen LogP contribution in [0.1, 0.15) is 39.2 Å². The first-order valence-corrected chi connectivity index (χ1v) is 7.24. The lowest BCUT2D eigenvalue weighted by molar-refractivity contribution is -0.133. The Morgan fingerprint density at radius 1 is 1.56 bits per heavy atom. The minimum absolute atomic E-state index is 0.00131. The first-order chi connectivity index (χ1) is 8.63. The first kappa shape index (κ1) is 13.3. The Bertz CT molecular complexity index is 423. The number of nitrogens with zero attached hydrogens (tertiary/aromatic N) is 4. The third-order valence-electron chi connectivity index (χ3n) is 3.81. The third-order valence-corrected chi connectivity index (χ3v) is 4.73. The van der Waals surface area contributed by atoms with Crippen LogP contribution in [0, 0.1) is 11.8 Å². The maximum Gasteiger partial charge on any atom is 0.313 e. The van der Waals surface area contributed by atoms with Crippen LogP contribution in [-0.2, 0) is 4.79 Å². The molecule has 18 heavy (non-hydrogen) atoms. The van der Waals surface area contributed by atoms with E-state index in [9.17, 15) is 4.79 Å². The van der Waals surface area contributed by atoms with Crippen LogP contribution in [0.25, 0.3) is 0 Å². The van der Waals surface area contributed by atoms with Crippen molar-refractivity contribution in [3.8, 4) is 0 Å². The van der Waals surface area contributed by atoms with Crippen molar-refractivity contribution in [1.29, 1.82) is 0 Å². The normalized spacial score (nSPS) is 27.6. The maximum atomic E-state index is 10.6. The van der Waals surface area contributed by atoms with Crippen molar-refractivity contribution in [2.45, 2.75) is 44.3 Å². The van der Waals surface area contributed by atoms with Gasteiger partial charge < -0.3 is 5.11 Å². The smallest absolute Gasteiger partial charge is 0.313 e. The second-order valence-corrected chi connectivity index (χ2v) is 5.70. The zero-order valence-electron chi connectivity index (χ0n) is 10.6. The monoisotopic (exact) mass is 270 g/mol. The molecular weight excluding hydrogens is 252 g/mol. The molecule has 3 atom stereocenters. The average Bonchev–Trinajstić information content (AvgIpc) is 2.92. The van der Waals surface area contributed by atoms with E-state index in [0.717, 1.165) is 12.3 Å². The van der Waals surface area contributed by atoms with Gasteiger partial charge in [0.2, 0.25) is 5.16 Å². The van der Waals surface area contributed by atoms with Gasteiger partial charge in [-0.3, -0.25) is 4.79 Å². The Balaban J connectivity index is 2.09. The SMILES string of the molecule is CCC1CCC(n2nnnc2SCC(=O)O)C1C. The van der Waals surface area contributed by atoms with Crippen LogP contribution >= 0.6 is 11.8 Å². The van der Waals surface area contributed by atoms with Gasteiger partial charge in [0.05, 0.1) is 11.8 Å². The lowest BCUT2D eigenvalue weighted by Crippen LogP contribution is -2.18. The number of hydrogen-bond donors (Lipinski definition) is 1. The Morgan fingerprint density at radius 2 is 2.33 bits per heavy atom. The summed E-state index contributed by atoms with van der Waals surface area (Å²) in [6.07, 6.45) is 3.45. The highest BCUT2D eigenvalue weighted by Crippen LogP contribution is 2.42. The second kappa shape index (κ2) is 5.69. The minimum atomic E-state index is -0.847. The van der Waals surface area contributed by atoms with Crippen molar-refractivity contribution >= 4 is 17.7 Å². The summed E-state index contributed by atoms with van der Waals surface area (Å²) in [5.74, 6) is 0.415. The van der Waals surface area contributed by atoms with Gasteiger partial charge in [0, 0.05) is 0 Å². The Kier molecular flexibility index (Phi) is 4.21. The van der Waals surface area contributed by atoms with Crippen LogP contribution in [0.15, 0.2) is 5.16 Å². The number of carbonyl (C=O) groups is 1. The van der Waals surface area contributed by atoms with E-state index in [1.165, 1.54) is 24.6 Å². The van der Waals surface area contributed by atoms with Crippen LogP contribution in [0.3, 0.4) is 0 Å². The van der Waals surface area contributed by atoms with E-state index in [0.29, 0.717) is 17.1 Å². The van der Waals surface area contributed by atoms with Crippen molar-refractivity contribution < 1.29 is 9.90 Å². The largest absolute Gasteiger partial charge is 0.481 e. The van der Waals surface area contributed by atoms with Gasteiger partial charge in [-0.25, -0.2) is 4.68 Å². The molecule has 0 spiro atoms. The summed E-state index contributed by atoms with van der Waals surface area (Å²) in [5.41, 5.74) is 0. The van der Waals surface area contributed by atoms with Gasteiger partial charge >= 0.3 is 5.97 Å². The zero-order valence-corrected chi connectivity index (χ0v) is 11.4. The fraction of sp³-hybridized carbons (Fsp3) is 0.818. The molecule has 0 amide bonds. The molecule has 0 radical (unpaired) electrons. The summed E-state index contributed by atoms with van der Waals surface area (Å²) < 4.78 is 1.81. The fourth-order valence-electron chi connectivity index (χ4n) is 2.76. The Labute approximate surface area is 110 Å². The lowest BCUT2D eigenvalue weighted by Gasteiger charge is -2.20. The number of thioether (sulfide) groups is 1. The Hall–Kier alpha value is -1.11. The number of hydrogen-bond acceptors (Lipinski definition) is 5. The van der Waals surface area contributed by atoms with Gasteiger partial charge in [-0.2, -0.15) is 0 Å². The van der Waals surface area contributed by atoms with Gasteiger partial charge in [-0.15, -0.1) is 5.10 Å². The highest BCUT2D eigenvalue weighted by molar-refractivity contribution is 7.99. The molecule has 0 aliphatic heterocycles. The number of rotatable bonds is 5. The number of aliphatic carboxylic acids is 1. The van der Waals surface area contributed by atoms with Crippen molar-refractivity contribution in [2.24, 2.45) is 11.8 Å². The summed E-state index contributed by atoms with van der Waals surface area (Å²) in [4.78, 5) is 10.6. The van der Waals surface area contributed by atoms with Crippen LogP contribution in [0.4, 0.5) is 0 Å². The van der Waals surface area contributed by atoms with Crippen molar-refractivity contribution in [2.75, 3.05) is 5.75 Å². The summed E-state index contributed by atoms with van der Waals surface area (Å²) >= 11 is 1.19. The van der Waals surface area contributed by atoms with E-state index in [2.05, 4.69) is 29.4 Å². The molecule has 1 heterocycles. The van der Waals surface area contributed by atoms with Gasteiger partial charge in [-0.05, 0) is 35.1 Å². The van der Waals surface area contributed by atoms with E-state index >= 15 is 0 Å². The van der Waals surface area contributed by atoms with Crippen LogP contribution < -0.4 is 0 Å². The summed E-state index contributed by atoms with van der Waals surface area (Å²) in [6.45, 7) is 4.45. The molecule has 0 bridgehead atoms. The van der Waals surface area contributed by atoms with Gasteiger partial charge in [-0.1, -0.05) is 32.0 Å². The molecule has 2 rings (SSSR count). The molecule has 1 aromatic heterocycles. The van der Waals surface area contributed by atoms with Crippen LogP contribution in [0.2, 0.25) is 0 Å². The number of carboxylic acids is 1. The quantitative estimate of drug-likeness (QED) is 0.822. The topological polar surface area (TPSA) is 80.9 Å². The molecule has 1 aliphatic carbocycles. The first-order valence-electron chi connectivity index (χ1n) is 6.26. The molecular formula is C11H18N4O2S. The lowest BCUT2D eigenvalue weighted by atomic mass is 9.94. The molecule has 3 unspecified atom stereocenters. The van der Waals surface area contributed by atoms with Crippen molar-refractivity contribution in [1.82, 2.24) is 20.2 Å². The molecule has 1 fully saturated rings. The van der Waals surface area contributed by atoms with Crippen LogP contribution in [0.5, 0.6) is 0 Å². The number of tetrazole rings is 1. The van der Waals surface area contributed by atoms with Crippen LogP contribution in [-0.4, -0.2) is 37.0 Å². The minimum Gasteiger partial charge on any atom is -0.481 e. The van der Waals surface area contributed by atoms with Crippen molar-refractivity contribution in [3.63, 3.8) is 0 Å². The number of aromatic nitrogens is 4. The molecule has 1 N–H and O–H groups in total. The predicted molar refractivity (Wildman–Crippen MR) is 67.4 cm³/mol. The van der Waals surface area contributed by atoms with E-state index in [1.54, 1.807) is 0 Å². The molecule has 0 saturated heterocycles. The summed E-state index contributed by atoms with van der Waals surface area (Å²) in [6, 6.07) is 0.307. The predicted octanol–water partition coefficient (Wildman–Crippen LogP) is 1.85.